The largest absolute Gasteiger partial charge is 0.508 e. The van der Waals surface area contributed by atoms with Gasteiger partial charge in [-0.15, -0.1) is 0 Å². The number of nitrogens with one attached hydrogen (secondary N) is 1. The van der Waals surface area contributed by atoms with Gasteiger partial charge in [0.1, 0.15) is 17.8 Å². The summed E-state index contributed by atoms with van der Waals surface area (Å²) in [6.45, 7) is 5.55. The zero-order valence-corrected chi connectivity index (χ0v) is 24.8. The molecule has 0 radical (unpaired) electrons. The lowest BCUT2D eigenvalue weighted by atomic mass is 9.59. The number of carbonyl (C=O) groups is 3. The molecule has 2 aliphatic heterocycles. The molecule has 226 valence electrons. The normalized spacial score (nSPS) is 26.0. The van der Waals surface area contributed by atoms with Crippen molar-refractivity contribution in [2.24, 2.45) is 22.9 Å². The van der Waals surface area contributed by atoms with Gasteiger partial charge in [-0.05, 0) is 61.7 Å². The molecular weight excluding hydrogens is 558 g/mol. The van der Waals surface area contributed by atoms with Gasteiger partial charge in [0.2, 0.25) is 0 Å². The second kappa shape index (κ2) is 12.1. The van der Waals surface area contributed by atoms with Gasteiger partial charge in [0, 0.05) is 17.2 Å². The second-order valence-corrected chi connectivity index (χ2v) is 11.2. The van der Waals surface area contributed by atoms with Gasteiger partial charge in [-0.3, -0.25) is 19.7 Å². The summed E-state index contributed by atoms with van der Waals surface area (Å²) in [5, 5.41) is 20.5. The van der Waals surface area contributed by atoms with Gasteiger partial charge < -0.3 is 14.6 Å². The molecule has 6 atom stereocenters. The monoisotopic (exact) mass is 593 g/mol. The van der Waals surface area contributed by atoms with E-state index < -0.39 is 53.6 Å². The van der Waals surface area contributed by atoms with E-state index in [4.69, 9.17) is 14.6 Å². The first-order chi connectivity index (χ1) is 21.3. The lowest BCUT2D eigenvalue weighted by molar-refractivity contribution is -0.156. The molecule has 6 rings (SSSR count). The molecule has 9 heteroatoms. The number of aromatic hydroxyl groups is 1. The first-order valence-corrected chi connectivity index (χ1v) is 15.0. The van der Waals surface area contributed by atoms with Crippen molar-refractivity contribution in [2.45, 2.75) is 38.9 Å². The fourth-order valence-electron chi connectivity index (χ4n) is 6.96. The van der Waals surface area contributed by atoms with E-state index in [-0.39, 0.29) is 19.0 Å². The number of carbonyl (C=O) groups excluding carboxylic acids is 3. The van der Waals surface area contributed by atoms with Crippen molar-refractivity contribution in [3.63, 3.8) is 0 Å². The number of phenolic OH excluding ortho intramolecular Hbond substituents is 1. The fraction of sp³-hybridized carbons (Fsp3) is 0.314. The van der Waals surface area contributed by atoms with Crippen molar-refractivity contribution >= 4 is 29.1 Å². The summed E-state index contributed by atoms with van der Waals surface area (Å²) in [4.78, 5) is 42.7. The van der Waals surface area contributed by atoms with Crippen molar-refractivity contribution in [2.75, 3.05) is 18.2 Å². The molecule has 3 aliphatic rings. The highest BCUT2D eigenvalue weighted by atomic mass is 16.5. The Bertz CT molecular complexity index is 1620. The minimum atomic E-state index is -1.27. The Morgan fingerprint density at radius 1 is 0.841 bits per heavy atom. The van der Waals surface area contributed by atoms with Crippen LogP contribution in [-0.2, 0) is 23.9 Å². The number of hydrogen-bond acceptors (Lipinski definition) is 9. The fourth-order valence-corrected chi connectivity index (χ4v) is 6.96. The molecule has 0 aromatic heterocycles. The minimum Gasteiger partial charge on any atom is -0.508 e. The number of nitrogens with zero attached hydrogens (tertiary/aromatic N) is 2. The second-order valence-electron chi connectivity index (χ2n) is 11.2. The van der Waals surface area contributed by atoms with Crippen LogP contribution in [0.4, 0.5) is 5.69 Å². The number of benzene rings is 3. The van der Waals surface area contributed by atoms with Crippen LogP contribution in [0.3, 0.4) is 0 Å². The molecule has 0 saturated heterocycles. The highest BCUT2D eigenvalue weighted by Gasteiger charge is 2.59. The summed E-state index contributed by atoms with van der Waals surface area (Å²) in [6, 6.07) is 24.8. The van der Waals surface area contributed by atoms with Gasteiger partial charge in [-0.25, -0.2) is 5.01 Å². The standard InChI is InChI=1S/C35H35N3O6/c1-4-43-34(41)28-26(21-12-8-6-9-13-21)30(35(42)44-5-2)32(40)29-27(28)25-20(3)37-38(23-14-10-7-11-15-23)33(25)36-31(29)22-16-18-24(39)19-17-22/h6-19,25-26,28,30-31,33,36,39H,4-5H2,1-3H3/t25-,26+,28+,30+,31-,33+/m1/s1. The number of rotatable bonds is 7. The van der Waals surface area contributed by atoms with Crippen molar-refractivity contribution in [1.29, 1.82) is 0 Å². The van der Waals surface area contributed by atoms with Crippen molar-refractivity contribution in [1.82, 2.24) is 5.32 Å². The molecular formula is C35H35N3O6. The lowest BCUT2D eigenvalue weighted by Crippen LogP contribution is -2.57. The van der Waals surface area contributed by atoms with Gasteiger partial charge in [0.05, 0.1) is 36.8 Å². The number of phenols is 1. The number of hydrogen-bond donors (Lipinski definition) is 2. The zero-order chi connectivity index (χ0) is 31.0. The van der Waals surface area contributed by atoms with Crippen LogP contribution in [0.2, 0.25) is 0 Å². The third kappa shape index (κ3) is 4.97. The Hall–Kier alpha value is -4.76. The number of para-hydroxylation sites is 1. The number of anilines is 1. The molecule has 3 aromatic rings. The maximum Gasteiger partial charge on any atom is 0.317 e. The highest BCUT2D eigenvalue weighted by molar-refractivity contribution is 6.14. The van der Waals surface area contributed by atoms with Crippen LogP contribution in [0, 0.1) is 17.8 Å². The molecule has 44 heavy (non-hydrogen) atoms. The van der Waals surface area contributed by atoms with Crippen molar-refractivity contribution in [3.05, 3.63) is 107 Å². The first kappa shape index (κ1) is 29.3. The number of hydrazone groups is 1. The van der Waals surface area contributed by atoms with E-state index in [0.717, 1.165) is 11.4 Å². The van der Waals surface area contributed by atoms with Crippen LogP contribution in [0.15, 0.2) is 101 Å². The van der Waals surface area contributed by atoms with E-state index in [0.29, 0.717) is 22.3 Å². The highest BCUT2D eigenvalue weighted by Crippen LogP contribution is 2.54. The maximum atomic E-state index is 14.8. The molecule has 0 saturated carbocycles. The summed E-state index contributed by atoms with van der Waals surface area (Å²) in [6.07, 6.45) is -0.449. The predicted molar refractivity (Wildman–Crippen MR) is 165 cm³/mol. The molecule has 0 bridgehead atoms. The Morgan fingerprint density at radius 3 is 2.05 bits per heavy atom. The van der Waals surface area contributed by atoms with Gasteiger partial charge in [0.25, 0.3) is 0 Å². The molecule has 3 aromatic carbocycles. The topological polar surface area (TPSA) is 118 Å². The number of Topliss-reactive ketones (excluding diaryl/α,β-unsaturated/α-hetero) is 1. The molecule has 2 heterocycles. The molecule has 2 N–H and O–H groups in total. The third-order valence-corrected chi connectivity index (χ3v) is 8.68. The van der Waals surface area contributed by atoms with E-state index in [1.807, 2.05) is 72.6 Å². The smallest absolute Gasteiger partial charge is 0.317 e. The van der Waals surface area contributed by atoms with Gasteiger partial charge in [-0.1, -0.05) is 60.7 Å². The minimum absolute atomic E-state index is 0.0792. The van der Waals surface area contributed by atoms with Crippen LogP contribution in [0.1, 0.15) is 43.9 Å². The van der Waals surface area contributed by atoms with E-state index in [1.54, 1.807) is 38.1 Å². The van der Waals surface area contributed by atoms with Crippen LogP contribution in [-0.4, -0.2) is 47.9 Å². The van der Waals surface area contributed by atoms with Gasteiger partial charge >= 0.3 is 11.9 Å². The van der Waals surface area contributed by atoms with E-state index in [9.17, 15) is 19.5 Å². The van der Waals surface area contributed by atoms with Gasteiger partial charge in [-0.2, -0.15) is 5.10 Å². The molecule has 0 spiro atoms. The Kier molecular flexibility index (Phi) is 8.05. The predicted octanol–water partition coefficient (Wildman–Crippen LogP) is 4.90. The van der Waals surface area contributed by atoms with Crippen LogP contribution < -0.4 is 10.3 Å². The van der Waals surface area contributed by atoms with Crippen molar-refractivity contribution in [3.8, 4) is 5.75 Å². The van der Waals surface area contributed by atoms with Crippen LogP contribution in [0.25, 0.3) is 0 Å². The average Bonchev–Trinajstić information content (AvgIpc) is 3.37. The molecule has 9 nitrogen and oxygen atoms in total. The summed E-state index contributed by atoms with van der Waals surface area (Å²) in [5.74, 6) is -5.06. The third-order valence-electron chi connectivity index (χ3n) is 8.68. The maximum absolute atomic E-state index is 14.8. The number of esters is 2. The summed E-state index contributed by atoms with van der Waals surface area (Å²) < 4.78 is 11.2. The average molecular weight is 594 g/mol. The molecule has 1 aliphatic carbocycles. The Morgan fingerprint density at radius 2 is 1.43 bits per heavy atom. The summed E-state index contributed by atoms with van der Waals surface area (Å²) in [7, 11) is 0. The van der Waals surface area contributed by atoms with Crippen molar-refractivity contribution < 1.29 is 29.0 Å². The number of fused-ring (bicyclic) bond motifs is 2. The summed E-state index contributed by atoms with van der Waals surface area (Å²) >= 11 is 0. The molecule has 0 unspecified atom stereocenters. The Labute approximate surface area is 256 Å². The van der Waals surface area contributed by atoms with Crippen LogP contribution >= 0.6 is 0 Å². The lowest BCUT2D eigenvalue weighted by Gasteiger charge is -2.47. The first-order valence-electron chi connectivity index (χ1n) is 15.0. The quantitative estimate of drug-likeness (QED) is 0.294. The molecule has 0 fully saturated rings. The Balaban J connectivity index is 1.63. The van der Waals surface area contributed by atoms with E-state index in [2.05, 4.69) is 5.32 Å². The van der Waals surface area contributed by atoms with Crippen LogP contribution in [0.5, 0.6) is 5.75 Å². The number of ether oxygens (including phenoxy) is 2. The molecule has 0 amide bonds. The SMILES string of the molecule is CCOC(=O)[C@@H]1C(=O)C2=C([C@@H](C(=O)OCC)[C@@H]1c1ccccc1)[C@H]1C(C)=NN(c3ccccc3)[C@@H]1N[C@@H]2c1ccc(O)cc1. The number of ketones is 1. The van der Waals surface area contributed by atoms with E-state index in [1.165, 1.54) is 0 Å². The summed E-state index contributed by atoms with van der Waals surface area (Å²) in [5.41, 5.74) is 3.88. The van der Waals surface area contributed by atoms with Gasteiger partial charge in [0.15, 0.2) is 5.78 Å². The zero-order valence-electron chi connectivity index (χ0n) is 24.8. The van der Waals surface area contributed by atoms with E-state index >= 15 is 0 Å².